The van der Waals surface area contributed by atoms with Crippen LogP contribution in [-0.2, 0) is 11.0 Å². The number of halogens is 3. The Balaban J connectivity index is 2.88. The van der Waals surface area contributed by atoms with Crippen molar-refractivity contribution in [3.8, 4) is 0 Å². The summed E-state index contributed by atoms with van der Waals surface area (Å²) in [5, 5.41) is 2.45. The number of carbonyl (C=O) groups is 1. The molecule has 0 saturated carbocycles. The van der Waals surface area contributed by atoms with E-state index < -0.39 is 11.7 Å². The van der Waals surface area contributed by atoms with Gasteiger partial charge in [-0.1, -0.05) is 25.1 Å². The van der Waals surface area contributed by atoms with Gasteiger partial charge in [-0.05, 0) is 17.5 Å². The first-order valence-corrected chi connectivity index (χ1v) is 5.22. The molecule has 1 amide bonds. The van der Waals surface area contributed by atoms with Gasteiger partial charge in [-0.15, -0.1) is 0 Å². The van der Waals surface area contributed by atoms with Crippen LogP contribution in [0.1, 0.15) is 30.4 Å². The molecular weight excluding hydrogens is 231 g/mol. The van der Waals surface area contributed by atoms with Gasteiger partial charge >= 0.3 is 6.18 Å². The van der Waals surface area contributed by atoms with E-state index in [9.17, 15) is 18.0 Å². The van der Waals surface area contributed by atoms with Crippen molar-refractivity contribution >= 4 is 5.91 Å². The van der Waals surface area contributed by atoms with Gasteiger partial charge in [0, 0.05) is 13.5 Å². The van der Waals surface area contributed by atoms with E-state index in [2.05, 4.69) is 5.32 Å². The summed E-state index contributed by atoms with van der Waals surface area (Å²) in [4.78, 5) is 11.1. The highest BCUT2D eigenvalue weighted by Crippen LogP contribution is 2.31. The molecule has 0 aliphatic heterocycles. The van der Waals surface area contributed by atoms with Crippen LogP contribution in [0.2, 0.25) is 0 Å². The van der Waals surface area contributed by atoms with Crippen molar-refractivity contribution in [2.24, 2.45) is 0 Å². The lowest BCUT2D eigenvalue weighted by Gasteiger charge is -2.13. The maximum absolute atomic E-state index is 12.5. The molecule has 0 bridgehead atoms. The fourth-order valence-corrected chi connectivity index (χ4v) is 1.52. The Labute approximate surface area is 97.8 Å². The van der Waals surface area contributed by atoms with Crippen molar-refractivity contribution in [1.82, 2.24) is 5.32 Å². The Morgan fingerprint density at radius 2 is 2.06 bits per heavy atom. The maximum atomic E-state index is 12.5. The second-order valence-corrected chi connectivity index (χ2v) is 3.90. The summed E-state index contributed by atoms with van der Waals surface area (Å²) in [6.45, 7) is 1.73. The molecule has 94 valence electrons. The molecule has 0 heterocycles. The Morgan fingerprint density at radius 1 is 1.41 bits per heavy atom. The largest absolute Gasteiger partial charge is 0.416 e. The van der Waals surface area contributed by atoms with Crippen molar-refractivity contribution in [3.63, 3.8) is 0 Å². The minimum Gasteiger partial charge on any atom is -0.359 e. The summed E-state index contributed by atoms with van der Waals surface area (Å²) in [6.07, 6.45) is -4.17. The number of benzene rings is 1. The van der Waals surface area contributed by atoms with Crippen molar-refractivity contribution < 1.29 is 18.0 Å². The predicted octanol–water partition coefficient (Wildman–Crippen LogP) is 2.95. The predicted molar refractivity (Wildman–Crippen MR) is 58.5 cm³/mol. The van der Waals surface area contributed by atoms with Gasteiger partial charge in [-0.3, -0.25) is 4.79 Å². The van der Waals surface area contributed by atoms with Gasteiger partial charge in [0.15, 0.2) is 0 Å². The van der Waals surface area contributed by atoms with Crippen molar-refractivity contribution in [2.75, 3.05) is 7.05 Å². The number of amides is 1. The molecule has 1 aromatic rings. The van der Waals surface area contributed by atoms with E-state index >= 15 is 0 Å². The summed E-state index contributed by atoms with van der Waals surface area (Å²) in [6, 6.07) is 5.07. The van der Waals surface area contributed by atoms with E-state index in [1.54, 1.807) is 13.0 Å². The molecule has 5 heteroatoms. The summed E-state index contributed by atoms with van der Waals surface area (Å²) < 4.78 is 37.4. The average Bonchev–Trinajstić information content (AvgIpc) is 2.28. The van der Waals surface area contributed by atoms with Crippen molar-refractivity contribution in [3.05, 3.63) is 35.4 Å². The first-order valence-electron chi connectivity index (χ1n) is 5.22. The van der Waals surface area contributed by atoms with Gasteiger partial charge in [-0.25, -0.2) is 0 Å². The topological polar surface area (TPSA) is 29.1 Å². The van der Waals surface area contributed by atoms with Gasteiger partial charge in [0.2, 0.25) is 5.91 Å². The van der Waals surface area contributed by atoms with Crippen LogP contribution < -0.4 is 5.32 Å². The van der Waals surface area contributed by atoms with E-state index in [4.69, 9.17) is 0 Å². The van der Waals surface area contributed by atoms with Crippen LogP contribution in [0.5, 0.6) is 0 Å². The summed E-state index contributed by atoms with van der Waals surface area (Å²) in [5.41, 5.74) is -0.165. The number of rotatable bonds is 3. The number of hydrogen-bond donors (Lipinski definition) is 1. The molecule has 0 aromatic heterocycles. The van der Waals surface area contributed by atoms with Crippen LogP contribution in [0.4, 0.5) is 13.2 Å². The summed E-state index contributed by atoms with van der Waals surface area (Å²) in [5.74, 6) is -0.424. The van der Waals surface area contributed by atoms with E-state index in [-0.39, 0.29) is 18.2 Å². The fourth-order valence-electron chi connectivity index (χ4n) is 1.52. The first kappa shape index (κ1) is 13.5. The molecule has 0 aliphatic carbocycles. The molecule has 1 aromatic carbocycles. The average molecular weight is 245 g/mol. The minimum absolute atomic E-state index is 0.178. The molecular formula is C12H14F3NO. The molecule has 1 atom stereocenters. The van der Waals surface area contributed by atoms with Crippen LogP contribution in [0.3, 0.4) is 0 Å². The van der Waals surface area contributed by atoms with Gasteiger partial charge in [0.25, 0.3) is 0 Å². The Bertz CT molecular complexity index is 401. The van der Waals surface area contributed by atoms with Gasteiger partial charge < -0.3 is 5.32 Å². The second kappa shape index (κ2) is 5.21. The fraction of sp³-hybridized carbons (Fsp3) is 0.417. The Morgan fingerprint density at radius 3 is 2.59 bits per heavy atom. The van der Waals surface area contributed by atoms with E-state index in [0.717, 1.165) is 12.1 Å². The molecule has 1 N–H and O–H groups in total. The zero-order valence-electron chi connectivity index (χ0n) is 9.64. The lowest BCUT2D eigenvalue weighted by molar-refractivity contribution is -0.137. The van der Waals surface area contributed by atoms with Gasteiger partial charge in [-0.2, -0.15) is 13.2 Å². The molecule has 0 fully saturated rings. The molecule has 0 unspecified atom stereocenters. The molecule has 17 heavy (non-hydrogen) atoms. The van der Waals surface area contributed by atoms with E-state index in [1.165, 1.54) is 13.1 Å². The highest BCUT2D eigenvalue weighted by molar-refractivity contribution is 5.76. The van der Waals surface area contributed by atoms with Crippen LogP contribution >= 0.6 is 0 Å². The van der Waals surface area contributed by atoms with E-state index in [1.807, 2.05) is 0 Å². The molecule has 0 saturated heterocycles. The summed E-state index contributed by atoms with van der Waals surface area (Å²) in [7, 11) is 1.50. The van der Waals surface area contributed by atoms with Crippen LogP contribution in [0.15, 0.2) is 24.3 Å². The zero-order valence-corrected chi connectivity index (χ0v) is 9.64. The number of hydrogen-bond acceptors (Lipinski definition) is 1. The highest BCUT2D eigenvalue weighted by Gasteiger charge is 2.30. The van der Waals surface area contributed by atoms with Gasteiger partial charge in [0.1, 0.15) is 0 Å². The zero-order chi connectivity index (χ0) is 13.1. The van der Waals surface area contributed by atoms with Crippen molar-refractivity contribution in [1.29, 1.82) is 0 Å². The molecule has 1 rings (SSSR count). The normalized spacial score (nSPS) is 13.2. The maximum Gasteiger partial charge on any atom is 0.416 e. The minimum atomic E-state index is -4.34. The number of nitrogens with one attached hydrogen (secondary N) is 1. The third-order valence-electron chi connectivity index (χ3n) is 2.55. The van der Waals surface area contributed by atoms with Crippen molar-refractivity contribution in [2.45, 2.75) is 25.4 Å². The summed E-state index contributed by atoms with van der Waals surface area (Å²) >= 11 is 0. The van der Waals surface area contributed by atoms with Crippen LogP contribution in [0, 0.1) is 0 Å². The second-order valence-electron chi connectivity index (χ2n) is 3.90. The monoisotopic (exact) mass is 245 g/mol. The molecule has 2 nitrogen and oxygen atoms in total. The Kier molecular flexibility index (Phi) is 4.15. The van der Waals surface area contributed by atoms with Crippen LogP contribution in [0.25, 0.3) is 0 Å². The standard InChI is InChI=1S/C12H14F3NO/c1-8(6-11(17)16-2)9-4-3-5-10(7-9)12(13,14)15/h3-5,7-8H,6H2,1-2H3,(H,16,17)/t8-/m0/s1. The smallest absolute Gasteiger partial charge is 0.359 e. The third-order valence-corrected chi connectivity index (χ3v) is 2.55. The first-order chi connectivity index (χ1) is 7.84. The number of alkyl halides is 3. The van der Waals surface area contributed by atoms with E-state index in [0.29, 0.717) is 5.56 Å². The molecule has 0 spiro atoms. The highest BCUT2D eigenvalue weighted by atomic mass is 19.4. The number of carbonyl (C=O) groups excluding carboxylic acids is 1. The SMILES string of the molecule is CNC(=O)C[C@H](C)c1cccc(C(F)(F)F)c1. The third kappa shape index (κ3) is 3.76. The lowest BCUT2D eigenvalue weighted by Crippen LogP contribution is -2.19. The molecule has 0 aliphatic rings. The quantitative estimate of drug-likeness (QED) is 0.871. The lowest BCUT2D eigenvalue weighted by atomic mass is 9.95. The Hall–Kier alpha value is -1.52. The van der Waals surface area contributed by atoms with Crippen LogP contribution in [-0.4, -0.2) is 13.0 Å². The van der Waals surface area contributed by atoms with Gasteiger partial charge in [0.05, 0.1) is 5.56 Å². The molecule has 0 radical (unpaired) electrons.